The second kappa shape index (κ2) is 11.4. The number of nitrogens with one attached hydrogen (secondary N) is 1. The summed E-state index contributed by atoms with van der Waals surface area (Å²) in [6.07, 6.45) is 0. The highest BCUT2D eigenvalue weighted by molar-refractivity contribution is 5.88. The molecule has 0 radical (unpaired) electrons. The fraction of sp³-hybridized carbons (Fsp3) is 0.440. The average Bonchev–Trinajstić information content (AvgIpc) is 2.74. The zero-order valence-corrected chi connectivity index (χ0v) is 18.7. The van der Waals surface area contributed by atoms with Crippen molar-refractivity contribution in [2.45, 2.75) is 53.1 Å². The lowest BCUT2D eigenvalue weighted by Gasteiger charge is -2.29. The van der Waals surface area contributed by atoms with Crippen LogP contribution in [0.15, 0.2) is 54.6 Å². The first-order valence-electron chi connectivity index (χ1n) is 10.6. The minimum atomic E-state index is -0.597. The van der Waals surface area contributed by atoms with Crippen molar-refractivity contribution in [1.82, 2.24) is 10.2 Å². The Morgan fingerprint density at radius 1 is 0.933 bits per heavy atom. The van der Waals surface area contributed by atoms with Gasteiger partial charge < -0.3 is 15.0 Å². The molecule has 5 heteroatoms. The van der Waals surface area contributed by atoms with E-state index in [0.29, 0.717) is 24.8 Å². The van der Waals surface area contributed by atoms with Gasteiger partial charge in [-0.1, -0.05) is 76.2 Å². The van der Waals surface area contributed by atoms with Crippen LogP contribution in [0.5, 0.6) is 5.75 Å². The van der Waals surface area contributed by atoms with E-state index in [1.807, 2.05) is 68.4 Å². The molecule has 2 amide bonds. The van der Waals surface area contributed by atoms with Crippen LogP contribution >= 0.6 is 0 Å². The maximum atomic E-state index is 13.1. The van der Waals surface area contributed by atoms with E-state index >= 15 is 0 Å². The highest BCUT2D eigenvalue weighted by Crippen LogP contribution is 2.26. The van der Waals surface area contributed by atoms with E-state index in [-0.39, 0.29) is 24.3 Å². The molecule has 0 fully saturated rings. The molecule has 0 saturated carbocycles. The van der Waals surface area contributed by atoms with Gasteiger partial charge in [-0.25, -0.2) is 0 Å². The molecule has 0 spiro atoms. The van der Waals surface area contributed by atoms with E-state index in [1.165, 1.54) is 0 Å². The number of amides is 2. The summed E-state index contributed by atoms with van der Waals surface area (Å²) in [6, 6.07) is 16.8. The summed E-state index contributed by atoms with van der Waals surface area (Å²) in [6.45, 7) is 10.8. The minimum Gasteiger partial charge on any atom is -0.483 e. The normalized spacial score (nSPS) is 12.0. The van der Waals surface area contributed by atoms with Crippen LogP contribution in [0.1, 0.15) is 51.7 Å². The molecule has 0 bridgehead atoms. The van der Waals surface area contributed by atoms with Gasteiger partial charge in [0.05, 0.1) is 0 Å². The summed E-state index contributed by atoms with van der Waals surface area (Å²) < 4.78 is 5.88. The van der Waals surface area contributed by atoms with Gasteiger partial charge in [-0.3, -0.25) is 9.59 Å². The Labute approximate surface area is 180 Å². The summed E-state index contributed by atoms with van der Waals surface area (Å²) in [5.41, 5.74) is 2.03. The predicted octanol–water partition coefficient (Wildman–Crippen LogP) is 4.38. The third kappa shape index (κ3) is 6.90. The van der Waals surface area contributed by atoms with E-state index in [2.05, 4.69) is 19.2 Å². The SMILES string of the molecule is CC(C)CNC(=O)[C@H](C)N(Cc1ccccc1)C(=O)COc1ccccc1C(C)C. The standard InChI is InChI=1S/C25H34N2O3/c1-18(2)15-26-25(29)20(5)27(16-21-11-7-6-8-12-21)24(28)17-30-23-14-10-9-13-22(23)19(3)4/h6-14,18-20H,15-17H2,1-5H3,(H,26,29)/t20-/m0/s1. The number of nitrogens with zero attached hydrogens (tertiary/aromatic N) is 1. The fourth-order valence-electron chi connectivity index (χ4n) is 3.13. The molecule has 30 heavy (non-hydrogen) atoms. The number of hydrogen-bond donors (Lipinski definition) is 1. The van der Waals surface area contributed by atoms with Crippen LogP contribution in [0, 0.1) is 5.92 Å². The number of ether oxygens (including phenoxy) is 1. The number of para-hydroxylation sites is 1. The Hall–Kier alpha value is -2.82. The third-order valence-corrected chi connectivity index (χ3v) is 4.94. The van der Waals surface area contributed by atoms with Crippen LogP contribution in [0.25, 0.3) is 0 Å². The van der Waals surface area contributed by atoms with Gasteiger partial charge in [0.15, 0.2) is 6.61 Å². The number of rotatable bonds is 10. The molecule has 1 atom stereocenters. The molecule has 0 saturated heterocycles. The van der Waals surface area contributed by atoms with Crippen molar-refractivity contribution in [2.75, 3.05) is 13.2 Å². The fourth-order valence-corrected chi connectivity index (χ4v) is 3.13. The molecule has 0 aromatic heterocycles. The largest absolute Gasteiger partial charge is 0.483 e. The third-order valence-electron chi connectivity index (χ3n) is 4.94. The van der Waals surface area contributed by atoms with Crippen molar-refractivity contribution >= 4 is 11.8 Å². The Bertz CT molecular complexity index is 818. The van der Waals surface area contributed by atoms with Gasteiger partial charge in [-0.2, -0.15) is 0 Å². The Morgan fingerprint density at radius 3 is 2.20 bits per heavy atom. The monoisotopic (exact) mass is 410 g/mol. The van der Waals surface area contributed by atoms with E-state index < -0.39 is 6.04 Å². The van der Waals surface area contributed by atoms with Crippen LogP contribution < -0.4 is 10.1 Å². The smallest absolute Gasteiger partial charge is 0.261 e. The zero-order valence-electron chi connectivity index (χ0n) is 18.7. The van der Waals surface area contributed by atoms with Crippen LogP contribution in [0.2, 0.25) is 0 Å². The summed E-state index contributed by atoms with van der Waals surface area (Å²) >= 11 is 0. The molecule has 2 rings (SSSR count). The summed E-state index contributed by atoms with van der Waals surface area (Å²) in [7, 11) is 0. The highest BCUT2D eigenvalue weighted by Gasteiger charge is 2.26. The first-order chi connectivity index (χ1) is 14.3. The molecule has 0 heterocycles. The van der Waals surface area contributed by atoms with Crippen LogP contribution in [0.3, 0.4) is 0 Å². The van der Waals surface area contributed by atoms with Gasteiger partial charge in [0, 0.05) is 13.1 Å². The van der Waals surface area contributed by atoms with Crippen LogP contribution in [0.4, 0.5) is 0 Å². The Kier molecular flexibility index (Phi) is 8.90. The van der Waals surface area contributed by atoms with Crippen molar-refractivity contribution in [2.24, 2.45) is 5.92 Å². The maximum Gasteiger partial charge on any atom is 0.261 e. The maximum absolute atomic E-state index is 13.1. The first-order valence-corrected chi connectivity index (χ1v) is 10.6. The van der Waals surface area contributed by atoms with E-state index in [9.17, 15) is 9.59 Å². The topological polar surface area (TPSA) is 58.6 Å². The molecular formula is C25H34N2O3. The van der Waals surface area contributed by atoms with Crippen molar-refractivity contribution in [1.29, 1.82) is 0 Å². The molecule has 2 aromatic carbocycles. The second-order valence-electron chi connectivity index (χ2n) is 8.30. The van der Waals surface area contributed by atoms with Gasteiger partial charge >= 0.3 is 0 Å². The van der Waals surface area contributed by atoms with Crippen molar-refractivity contribution in [3.63, 3.8) is 0 Å². The lowest BCUT2D eigenvalue weighted by atomic mass is 10.0. The lowest BCUT2D eigenvalue weighted by molar-refractivity contribution is -0.142. The Morgan fingerprint density at radius 2 is 1.57 bits per heavy atom. The summed E-state index contributed by atoms with van der Waals surface area (Å²) in [5, 5.41) is 2.93. The van der Waals surface area contributed by atoms with Crippen molar-refractivity contribution in [3.05, 3.63) is 65.7 Å². The van der Waals surface area contributed by atoms with Gasteiger partial charge in [0.25, 0.3) is 5.91 Å². The summed E-state index contributed by atoms with van der Waals surface area (Å²) in [5.74, 6) is 0.963. The molecule has 5 nitrogen and oxygen atoms in total. The number of carbonyl (C=O) groups excluding carboxylic acids is 2. The van der Waals surface area contributed by atoms with Crippen molar-refractivity contribution in [3.8, 4) is 5.75 Å². The molecule has 162 valence electrons. The van der Waals surface area contributed by atoms with E-state index in [0.717, 1.165) is 11.1 Å². The minimum absolute atomic E-state index is 0.113. The molecule has 0 aliphatic carbocycles. The number of carbonyl (C=O) groups is 2. The predicted molar refractivity (Wildman–Crippen MR) is 120 cm³/mol. The quantitative estimate of drug-likeness (QED) is 0.632. The average molecular weight is 411 g/mol. The van der Waals surface area contributed by atoms with Gasteiger partial charge in [0.2, 0.25) is 5.91 Å². The van der Waals surface area contributed by atoms with E-state index in [1.54, 1.807) is 11.8 Å². The highest BCUT2D eigenvalue weighted by atomic mass is 16.5. The van der Waals surface area contributed by atoms with Crippen LogP contribution in [-0.2, 0) is 16.1 Å². The second-order valence-corrected chi connectivity index (χ2v) is 8.30. The van der Waals surface area contributed by atoms with E-state index in [4.69, 9.17) is 4.74 Å². The van der Waals surface area contributed by atoms with Gasteiger partial charge in [-0.05, 0) is 36.0 Å². The number of hydrogen-bond acceptors (Lipinski definition) is 3. The van der Waals surface area contributed by atoms with Gasteiger partial charge in [-0.15, -0.1) is 0 Å². The Balaban J connectivity index is 2.14. The molecule has 0 aliphatic rings. The lowest BCUT2D eigenvalue weighted by Crippen LogP contribution is -2.49. The summed E-state index contributed by atoms with van der Waals surface area (Å²) in [4.78, 5) is 27.3. The number of benzene rings is 2. The van der Waals surface area contributed by atoms with Crippen molar-refractivity contribution < 1.29 is 14.3 Å². The van der Waals surface area contributed by atoms with Crippen LogP contribution in [-0.4, -0.2) is 35.9 Å². The molecular weight excluding hydrogens is 376 g/mol. The molecule has 2 aromatic rings. The molecule has 0 aliphatic heterocycles. The van der Waals surface area contributed by atoms with Gasteiger partial charge in [0.1, 0.15) is 11.8 Å². The first kappa shape index (κ1) is 23.5. The molecule has 1 N–H and O–H groups in total. The molecule has 0 unspecified atom stereocenters. The zero-order chi connectivity index (χ0) is 22.1.